The van der Waals surface area contributed by atoms with Crippen LogP contribution in [0.3, 0.4) is 0 Å². The number of cyclic esters (lactones) is 1. The molecule has 1 saturated heterocycles. The minimum atomic E-state index is -0.657. The van der Waals surface area contributed by atoms with Crippen molar-refractivity contribution in [3.8, 4) is 5.82 Å². The Morgan fingerprint density at radius 3 is 2.74 bits per heavy atom. The van der Waals surface area contributed by atoms with Gasteiger partial charge in [-0.05, 0) is 39.2 Å². The summed E-state index contributed by atoms with van der Waals surface area (Å²) in [6, 6.07) is 9.05. The third-order valence-electron chi connectivity index (χ3n) is 6.24. The summed E-state index contributed by atoms with van der Waals surface area (Å²) in [7, 11) is 0. The summed E-state index contributed by atoms with van der Waals surface area (Å²) < 4.78 is 6.52. The van der Waals surface area contributed by atoms with Crippen molar-refractivity contribution in [1.82, 2.24) is 35.0 Å². The fourth-order valence-electron chi connectivity index (χ4n) is 4.30. The molecule has 0 saturated carbocycles. The maximum Gasteiger partial charge on any atom is 0.338 e. The minimum Gasteiger partial charge on any atom is -0.462 e. The average Bonchev–Trinajstić information content (AvgIpc) is 3.40. The van der Waals surface area contributed by atoms with E-state index in [4.69, 9.17) is 4.74 Å². The molecule has 0 spiro atoms. The number of tetrazole rings is 1. The molecule has 2 aromatic heterocycles. The van der Waals surface area contributed by atoms with Gasteiger partial charge in [0.2, 0.25) is 5.91 Å². The maximum atomic E-state index is 12.7. The molecule has 1 unspecified atom stereocenters. The first kappa shape index (κ1) is 22.1. The lowest BCUT2D eigenvalue weighted by atomic mass is 9.97. The molecule has 1 amide bonds. The molecule has 1 N–H and O–H groups in total. The molecule has 5 rings (SSSR count). The van der Waals surface area contributed by atoms with Gasteiger partial charge in [-0.1, -0.05) is 18.2 Å². The number of esters is 1. The number of β-amino-alcohol motifs (C(OH)–C–C–N with tert-alkyl or cyclic N) is 1. The summed E-state index contributed by atoms with van der Waals surface area (Å²) >= 11 is 0. The summed E-state index contributed by atoms with van der Waals surface area (Å²) in [4.78, 5) is 32.9. The van der Waals surface area contributed by atoms with E-state index in [1.807, 2.05) is 17.0 Å². The van der Waals surface area contributed by atoms with Crippen molar-refractivity contribution in [3.63, 3.8) is 0 Å². The van der Waals surface area contributed by atoms with Crippen molar-refractivity contribution >= 4 is 11.9 Å². The summed E-state index contributed by atoms with van der Waals surface area (Å²) in [5.41, 5.74) is 3.12. The number of aliphatic hydroxyl groups is 1. The number of rotatable bonds is 6. The molecule has 1 atom stereocenters. The topological polar surface area (TPSA) is 127 Å². The predicted molar refractivity (Wildman–Crippen MR) is 119 cm³/mol. The monoisotopic (exact) mass is 463 g/mol. The van der Waals surface area contributed by atoms with E-state index in [2.05, 4.69) is 25.4 Å². The first-order valence-corrected chi connectivity index (χ1v) is 11.2. The van der Waals surface area contributed by atoms with Gasteiger partial charge in [0.1, 0.15) is 6.33 Å². The number of aromatic nitrogens is 5. The number of nitrogens with zero attached hydrogens (tertiary/aromatic N) is 7. The molecular formula is C23H25N7O4. The lowest BCUT2D eigenvalue weighted by molar-refractivity contribution is -0.132. The lowest BCUT2D eigenvalue weighted by Crippen LogP contribution is -2.50. The van der Waals surface area contributed by atoms with E-state index in [1.54, 1.807) is 24.4 Å². The van der Waals surface area contributed by atoms with E-state index in [0.29, 0.717) is 57.1 Å². The first-order valence-electron chi connectivity index (χ1n) is 11.2. The first-order chi connectivity index (χ1) is 16.6. The standard InChI is InChI=1S/C23H25N7O4/c31-20(18-2-3-19-17(12-18)5-10-34-23(19)33)14-28-6-8-29(9-7-28)22(32)11-16-1-4-21(24-13-16)30-15-25-26-27-30/h1-4,12-13,15,20,31H,5-11,14H2. The Bertz CT molecular complexity index is 1160. The Morgan fingerprint density at radius 2 is 2.00 bits per heavy atom. The second kappa shape index (κ2) is 9.65. The van der Waals surface area contributed by atoms with Crippen molar-refractivity contribution in [1.29, 1.82) is 0 Å². The van der Waals surface area contributed by atoms with Gasteiger partial charge in [0.05, 0.1) is 24.7 Å². The molecule has 2 aliphatic heterocycles. The smallest absolute Gasteiger partial charge is 0.338 e. The Kier molecular flexibility index (Phi) is 6.28. The second-order valence-corrected chi connectivity index (χ2v) is 8.46. The zero-order chi connectivity index (χ0) is 23.5. The Labute approximate surface area is 196 Å². The second-order valence-electron chi connectivity index (χ2n) is 8.46. The van der Waals surface area contributed by atoms with Crippen molar-refractivity contribution in [2.24, 2.45) is 0 Å². The van der Waals surface area contributed by atoms with Crippen LogP contribution in [0.1, 0.15) is 33.2 Å². The zero-order valence-corrected chi connectivity index (χ0v) is 18.6. The van der Waals surface area contributed by atoms with Crippen molar-refractivity contribution in [3.05, 3.63) is 65.1 Å². The Hall–Kier alpha value is -3.70. The highest BCUT2D eigenvalue weighted by Crippen LogP contribution is 2.23. The molecule has 1 fully saturated rings. The van der Waals surface area contributed by atoms with Gasteiger partial charge in [-0.3, -0.25) is 9.69 Å². The molecule has 2 aliphatic rings. The van der Waals surface area contributed by atoms with Crippen LogP contribution in [0, 0.1) is 0 Å². The van der Waals surface area contributed by atoms with Crippen LogP contribution in [0.15, 0.2) is 42.9 Å². The molecule has 0 radical (unpaired) electrons. The quantitative estimate of drug-likeness (QED) is 0.510. The Balaban J connectivity index is 1.11. The largest absolute Gasteiger partial charge is 0.462 e. The van der Waals surface area contributed by atoms with Crippen LogP contribution in [-0.4, -0.2) is 91.3 Å². The number of aliphatic hydroxyl groups excluding tert-OH is 1. The summed E-state index contributed by atoms with van der Waals surface area (Å²) in [5.74, 6) is 0.341. The third-order valence-corrected chi connectivity index (χ3v) is 6.24. The number of carbonyl (C=O) groups excluding carboxylic acids is 2. The normalized spacial score (nSPS) is 17.2. The number of hydrogen-bond donors (Lipinski definition) is 1. The highest BCUT2D eigenvalue weighted by atomic mass is 16.5. The van der Waals surface area contributed by atoms with Crippen LogP contribution in [0.25, 0.3) is 5.82 Å². The SMILES string of the molecule is O=C1OCCc2cc(C(O)CN3CCN(C(=O)Cc4ccc(-n5cnnn5)nc4)CC3)ccc21. The van der Waals surface area contributed by atoms with Gasteiger partial charge < -0.3 is 14.7 Å². The highest BCUT2D eigenvalue weighted by molar-refractivity contribution is 5.92. The number of carbonyl (C=O) groups is 2. The van der Waals surface area contributed by atoms with Crippen LogP contribution >= 0.6 is 0 Å². The number of hydrogen-bond acceptors (Lipinski definition) is 9. The number of pyridine rings is 1. The molecule has 0 aliphatic carbocycles. The molecule has 176 valence electrons. The van der Waals surface area contributed by atoms with Crippen LogP contribution < -0.4 is 0 Å². The van der Waals surface area contributed by atoms with E-state index in [1.165, 1.54) is 11.0 Å². The zero-order valence-electron chi connectivity index (χ0n) is 18.6. The van der Waals surface area contributed by atoms with Crippen molar-refractivity contribution in [2.75, 3.05) is 39.3 Å². The number of benzene rings is 1. The number of ether oxygens (including phenoxy) is 1. The van der Waals surface area contributed by atoms with Gasteiger partial charge in [0.15, 0.2) is 5.82 Å². The van der Waals surface area contributed by atoms with Crippen molar-refractivity contribution < 1.29 is 19.4 Å². The molecule has 11 nitrogen and oxygen atoms in total. The Morgan fingerprint density at radius 1 is 1.15 bits per heavy atom. The molecule has 11 heteroatoms. The fourth-order valence-corrected chi connectivity index (χ4v) is 4.30. The van der Waals surface area contributed by atoms with Crippen LogP contribution in [0.4, 0.5) is 0 Å². The van der Waals surface area contributed by atoms with E-state index in [9.17, 15) is 14.7 Å². The average molecular weight is 463 g/mol. The van der Waals surface area contributed by atoms with E-state index in [-0.39, 0.29) is 18.3 Å². The molecule has 0 bridgehead atoms. The van der Waals surface area contributed by atoms with Gasteiger partial charge in [-0.2, -0.15) is 4.68 Å². The molecule has 34 heavy (non-hydrogen) atoms. The van der Waals surface area contributed by atoms with E-state index >= 15 is 0 Å². The highest BCUT2D eigenvalue weighted by Gasteiger charge is 2.25. The summed E-state index contributed by atoms with van der Waals surface area (Å²) in [5, 5.41) is 21.7. The van der Waals surface area contributed by atoms with Gasteiger partial charge in [0.25, 0.3) is 0 Å². The van der Waals surface area contributed by atoms with Crippen molar-refractivity contribution in [2.45, 2.75) is 18.9 Å². The number of amides is 1. The third kappa shape index (κ3) is 4.80. The number of fused-ring (bicyclic) bond motifs is 1. The molecule has 3 aromatic rings. The van der Waals surface area contributed by atoms with Gasteiger partial charge in [-0.25, -0.2) is 9.78 Å². The fraction of sp³-hybridized carbons (Fsp3) is 0.391. The molecular weight excluding hydrogens is 438 g/mol. The summed E-state index contributed by atoms with van der Waals surface area (Å²) in [6.45, 7) is 3.46. The maximum absolute atomic E-state index is 12.7. The summed E-state index contributed by atoms with van der Waals surface area (Å²) in [6.07, 6.45) is 3.42. The van der Waals surface area contributed by atoms with Crippen LogP contribution in [0.5, 0.6) is 0 Å². The molecule has 1 aromatic carbocycles. The van der Waals surface area contributed by atoms with Gasteiger partial charge in [0, 0.05) is 45.3 Å². The lowest BCUT2D eigenvalue weighted by Gasteiger charge is -2.35. The van der Waals surface area contributed by atoms with Crippen LogP contribution in [0.2, 0.25) is 0 Å². The van der Waals surface area contributed by atoms with E-state index < -0.39 is 6.10 Å². The van der Waals surface area contributed by atoms with Crippen LogP contribution in [-0.2, 0) is 22.4 Å². The predicted octanol–water partition coefficient (Wildman–Crippen LogP) is 0.191. The van der Waals surface area contributed by atoms with Gasteiger partial charge >= 0.3 is 5.97 Å². The number of piperazine rings is 1. The minimum absolute atomic E-state index is 0.0544. The molecule has 4 heterocycles. The van der Waals surface area contributed by atoms with Gasteiger partial charge in [-0.15, -0.1) is 5.10 Å². The van der Waals surface area contributed by atoms with E-state index in [0.717, 1.165) is 16.7 Å².